The lowest BCUT2D eigenvalue weighted by molar-refractivity contribution is -0.124. The van der Waals surface area contributed by atoms with Crippen LogP contribution in [0, 0.1) is 5.82 Å². The molecule has 0 aliphatic carbocycles. The van der Waals surface area contributed by atoms with Gasteiger partial charge >= 0.3 is 0 Å². The zero-order valence-electron chi connectivity index (χ0n) is 18.6. The standard InChI is InChI=1S/C26H24FN3O3S/c1-33-22-13-9-20(10-14-22)28-24(31)17-23-25(32)30(21-11-7-19(27)8-12-21)26(34)29(23)16-15-18-5-3-2-4-6-18/h2-14,23H,15-17H2,1H3,(H,28,31). The number of rotatable bonds is 8. The summed E-state index contributed by atoms with van der Waals surface area (Å²) in [4.78, 5) is 29.4. The molecule has 1 saturated heterocycles. The highest BCUT2D eigenvalue weighted by Crippen LogP contribution is 2.28. The van der Waals surface area contributed by atoms with Gasteiger partial charge in [-0.05, 0) is 72.7 Å². The smallest absolute Gasteiger partial charge is 0.256 e. The maximum absolute atomic E-state index is 13.4. The third-order valence-corrected chi connectivity index (χ3v) is 6.06. The number of thiocarbonyl (C=S) groups is 1. The summed E-state index contributed by atoms with van der Waals surface area (Å²) in [5.74, 6) is -0.347. The Labute approximate surface area is 202 Å². The van der Waals surface area contributed by atoms with E-state index >= 15 is 0 Å². The quantitative estimate of drug-likeness (QED) is 0.487. The second-order valence-electron chi connectivity index (χ2n) is 7.86. The van der Waals surface area contributed by atoms with Crippen LogP contribution in [0.2, 0.25) is 0 Å². The van der Waals surface area contributed by atoms with Crippen LogP contribution in [-0.4, -0.2) is 41.5 Å². The Kier molecular flexibility index (Phi) is 7.18. The molecule has 0 bridgehead atoms. The Hall–Kier alpha value is -3.78. The van der Waals surface area contributed by atoms with Crippen LogP contribution < -0.4 is 15.0 Å². The first kappa shape index (κ1) is 23.4. The highest BCUT2D eigenvalue weighted by molar-refractivity contribution is 7.80. The topological polar surface area (TPSA) is 61.9 Å². The molecule has 1 heterocycles. The van der Waals surface area contributed by atoms with Crippen LogP contribution in [-0.2, 0) is 16.0 Å². The van der Waals surface area contributed by atoms with Gasteiger partial charge in [0.2, 0.25) is 5.91 Å². The summed E-state index contributed by atoms with van der Waals surface area (Å²) in [7, 11) is 1.57. The monoisotopic (exact) mass is 477 g/mol. The number of carbonyl (C=O) groups excluding carboxylic acids is 2. The average Bonchev–Trinajstić information content (AvgIpc) is 3.08. The summed E-state index contributed by atoms with van der Waals surface area (Å²) in [6.45, 7) is 0.465. The van der Waals surface area contributed by atoms with Crippen LogP contribution in [0.4, 0.5) is 15.8 Å². The summed E-state index contributed by atoms with van der Waals surface area (Å²) < 4.78 is 18.6. The SMILES string of the molecule is COc1ccc(NC(=O)CC2C(=O)N(c3ccc(F)cc3)C(=S)N2CCc2ccccc2)cc1. The number of carbonyl (C=O) groups is 2. The van der Waals surface area contributed by atoms with E-state index in [1.165, 1.54) is 29.2 Å². The van der Waals surface area contributed by atoms with Crippen molar-refractivity contribution in [1.29, 1.82) is 0 Å². The van der Waals surface area contributed by atoms with Crippen molar-refractivity contribution in [3.8, 4) is 5.75 Å². The molecule has 1 aliphatic rings. The molecular formula is C26H24FN3O3S. The van der Waals surface area contributed by atoms with E-state index < -0.39 is 11.9 Å². The molecule has 4 rings (SSSR count). The molecule has 34 heavy (non-hydrogen) atoms. The molecule has 174 valence electrons. The highest BCUT2D eigenvalue weighted by Gasteiger charge is 2.43. The molecule has 0 saturated carbocycles. The van der Waals surface area contributed by atoms with Crippen molar-refractivity contribution in [2.24, 2.45) is 0 Å². The van der Waals surface area contributed by atoms with Crippen molar-refractivity contribution in [1.82, 2.24) is 4.90 Å². The van der Waals surface area contributed by atoms with E-state index in [0.29, 0.717) is 35.2 Å². The van der Waals surface area contributed by atoms with Gasteiger partial charge < -0.3 is 15.0 Å². The maximum Gasteiger partial charge on any atom is 0.256 e. The maximum atomic E-state index is 13.4. The second kappa shape index (κ2) is 10.4. The molecule has 1 fully saturated rings. The van der Waals surface area contributed by atoms with E-state index in [0.717, 1.165) is 5.56 Å². The predicted molar refractivity (Wildman–Crippen MR) is 133 cm³/mol. The summed E-state index contributed by atoms with van der Waals surface area (Å²) in [6, 6.07) is 21.6. The van der Waals surface area contributed by atoms with E-state index in [1.807, 2.05) is 30.3 Å². The number of benzene rings is 3. The van der Waals surface area contributed by atoms with Crippen molar-refractivity contribution in [2.75, 3.05) is 23.9 Å². The number of halogens is 1. The molecule has 0 spiro atoms. The van der Waals surface area contributed by atoms with Gasteiger partial charge in [-0.3, -0.25) is 14.5 Å². The normalized spacial score (nSPS) is 15.5. The van der Waals surface area contributed by atoms with Gasteiger partial charge in [0, 0.05) is 12.2 Å². The van der Waals surface area contributed by atoms with Crippen LogP contribution in [0.25, 0.3) is 0 Å². The molecule has 3 aromatic rings. The summed E-state index contributed by atoms with van der Waals surface area (Å²) >= 11 is 5.65. The lowest BCUT2D eigenvalue weighted by Gasteiger charge is -2.24. The fourth-order valence-corrected chi connectivity index (χ4v) is 4.29. The average molecular weight is 478 g/mol. The van der Waals surface area contributed by atoms with Crippen LogP contribution in [0.3, 0.4) is 0 Å². The van der Waals surface area contributed by atoms with Gasteiger partial charge in [0.1, 0.15) is 17.6 Å². The Morgan fingerprint density at radius 1 is 1.03 bits per heavy atom. The van der Waals surface area contributed by atoms with Crippen molar-refractivity contribution in [2.45, 2.75) is 18.9 Å². The molecule has 1 atom stereocenters. The number of hydrogen-bond donors (Lipinski definition) is 1. The zero-order valence-corrected chi connectivity index (χ0v) is 19.4. The number of ether oxygens (including phenoxy) is 1. The minimum Gasteiger partial charge on any atom is -0.497 e. The molecule has 1 aliphatic heterocycles. The molecule has 6 nitrogen and oxygen atoms in total. The molecule has 1 N–H and O–H groups in total. The number of amides is 2. The summed E-state index contributed by atoms with van der Waals surface area (Å²) in [5, 5.41) is 3.13. The molecule has 0 radical (unpaired) electrons. The van der Waals surface area contributed by atoms with Gasteiger partial charge in [0.25, 0.3) is 5.91 Å². The van der Waals surface area contributed by atoms with Gasteiger partial charge in [0.15, 0.2) is 5.11 Å². The van der Waals surface area contributed by atoms with Crippen LogP contribution in [0.1, 0.15) is 12.0 Å². The summed E-state index contributed by atoms with van der Waals surface area (Å²) in [5.41, 5.74) is 2.17. The van der Waals surface area contributed by atoms with Gasteiger partial charge in [-0.2, -0.15) is 0 Å². The second-order valence-corrected chi connectivity index (χ2v) is 8.22. The van der Waals surface area contributed by atoms with Crippen molar-refractivity contribution in [3.63, 3.8) is 0 Å². The lowest BCUT2D eigenvalue weighted by Crippen LogP contribution is -2.39. The zero-order chi connectivity index (χ0) is 24.1. The predicted octanol–water partition coefficient (Wildman–Crippen LogP) is 4.41. The van der Waals surface area contributed by atoms with E-state index in [1.54, 1.807) is 36.3 Å². The molecule has 2 amide bonds. The Bertz CT molecular complexity index is 1170. The minimum atomic E-state index is -0.764. The van der Waals surface area contributed by atoms with Gasteiger partial charge in [0.05, 0.1) is 19.2 Å². The van der Waals surface area contributed by atoms with E-state index in [2.05, 4.69) is 5.32 Å². The third-order valence-electron chi connectivity index (χ3n) is 5.64. The number of methoxy groups -OCH3 is 1. The Morgan fingerprint density at radius 3 is 2.35 bits per heavy atom. The van der Waals surface area contributed by atoms with Crippen molar-refractivity contribution < 1.29 is 18.7 Å². The van der Waals surface area contributed by atoms with Gasteiger partial charge in [-0.1, -0.05) is 30.3 Å². The fraction of sp³-hybridized carbons (Fsp3) is 0.192. The number of anilines is 2. The van der Waals surface area contributed by atoms with E-state index in [9.17, 15) is 14.0 Å². The van der Waals surface area contributed by atoms with Gasteiger partial charge in [-0.15, -0.1) is 0 Å². The van der Waals surface area contributed by atoms with Crippen LogP contribution in [0.15, 0.2) is 78.9 Å². The highest BCUT2D eigenvalue weighted by atomic mass is 32.1. The van der Waals surface area contributed by atoms with Crippen LogP contribution >= 0.6 is 12.2 Å². The Balaban J connectivity index is 1.53. The molecule has 3 aromatic carbocycles. The molecule has 8 heteroatoms. The fourth-order valence-electron chi connectivity index (χ4n) is 3.87. The first-order valence-corrected chi connectivity index (χ1v) is 11.2. The van der Waals surface area contributed by atoms with Gasteiger partial charge in [-0.25, -0.2) is 4.39 Å². The van der Waals surface area contributed by atoms with Crippen LogP contribution in [0.5, 0.6) is 5.75 Å². The first-order chi connectivity index (χ1) is 16.5. The Morgan fingerprint density at radius 2 is 1.71 bits per heavy atom. The van der Waals surface area contributed by atoms with Crippen molar-refractivity contribution >= 4 is 40.5 Å². The molecule has 1 unspecified atom stereocenters. The number of nitrogens with one attached hydrogen (secondary N) is 1. The molecule has 0 aromatic heterocycles. The lowest BCUT2D eigenvalue weighted by atomic mass is 10.1. The van der Waals surface area contributed by atoms with E-state index in [-0.39, 0.29) is 18.2 Å². The number of hydrogen-bond acceptors (Lipinski definition) is 4. The third kappa shape index (κ3) is 5.23. The van der Waals surface area contributed by atoms with Crippen molar-refractivity contribution in [3.05, 3.63) is 90.2 Å². The van der Waals surface area contributed by atoms with E-state index in [4.69, 9.17) is 17.0 Å². The molecular weight excluding hydrogens is 453 g/mol. The first-order valence-electron chi connectivity index (χ1n) is 10.8. The minimum absolute atomic E-state index is 0.0719. The largest absolute Gasteiger partial charge is 0.497 e. The summed E-state index contributed by atoms with van der Waals surface area (Å²) in [6.07, 6.45) is 0.583. The number of nitrogens with zero attached hydrogens (tertiary/aromatic N) is 2.